The van der Waals surface area contributed by atoms with Gasteiger partial charge in [0.25, 0.3) is 5.91 Å². The first-order chi connectivity index (χ1) is 9.72. The molecule has 1 amide bonds. The first kappa shape index (κ1) is 13.3. The largest absolute Gasteiger partial charge is 0.493 e. The number of carbonyl (C=O) groups excluding carboxylic acids is 1. The van der Waals surface area contributed by atoms with Gasteiger partial charge in [-0.3, -0.25) is 4.79 Å². The van der Waals surface area contributed by atoms with Gasteiger partial charge in [-0.15, -0.1) is 0 Å². The lowest BCUT2D eigenvalue weighted by Gasteiger charge is -2.23. The van der Waals surface area contributed by atoms with Crippen LogP contribution in [0.5, 0.6) is 11.5 Å². The maximum absolute atomic E-state index is 12.5. The quantitative estimate of drug-likeness (QED) is 0.919. The van der Waals surface area contributed by atoms with Crippen LogP contribution >= 0.6 is 0 Å². The number of carbonyl (C=O) groups is 1. The Kier molecular flexibility index (Phi) is 3.55. The summed E-state index contributed by atoms with van der Waals surface area (Å²) in [6.45, 7) is 0. The Morgan fingerprint density at radius 2 is 2.05 bits per heavy atom. The maximum atomic E-state index is 12.5. The van der Waals surface area contributed by atoms with E-state index in [1.54, 1.807) is 26.4 Å². The summed E-state index contributed by atoms with van der Waals surface area (Å²) in [7, 11) is 3.14. The third-order valence-electron chi connectivity index (χ3n) is 4.70. The number of amides is 1. The zero-order valence-electron chi connectivity index (χ0n) is 12.0. The molecular formula is C16H21NO3. The summed E-state index contributed by atoms with van der Waals surface area (Å²) in [4.78, 5) is 12.5. The fraction of sp³-hybridized carbons (Fsp3) is 0.562. The molecule has 0 saturated heterocycles. The molecule has 2 saturated carbocycles. The van der Waals surface area contributed by atoms with Crippen LogP contribution in [0.2, 0.25) is 0 Å². The van der Waals surface area contributed by atoms with E-state index in [1.807, 2.05) is 6.07 Å². The smallest absolute Gasteiger partial charge is 0.255 e. The van der Waals surface area contributed by atoms with Crippen molar-refractivity contribution in [3.8, 4) is 11.5 Å². The van der Waals surface area contributed by atoms with Gasteiger partial charge in [0.1, 0.15) is 0 Å². The van der Waals surface area contributed by atoms with Crippen molar-refractivity contribution in [2.45, 2.75) is 31.7 Å². The van der Waals surface area contributed by atoms with Crippen molar-refractivity contribution >= 4 is 5.91 Å². The second-order valence-electron chi connectivity index (χ2n) is 5.80. The predicted molar refractivity (Wildman–Crippen MR) is 76.2 cm³/mol. The Morgan fingerprint density at radius 1 is 1.20 bits per heavy atom. The van der Waals surface area contributed by atoms with E-state index in [9.17, 15) is 4.79 Å². The lowest BCUT2D eigenvalue weighted by molar-refractivity contribution is 0.0919. The molecule has 3 rings (SSSR count). The topological polar surface area (TPSA) is 47.6 Å². The molecule has 0 radical (unpaired) electrons. The number of hydrogen-bond donors (Lipinski definition) is 1. The monoisotopic (exact) mass is 275 g/mol. The van der Waals surface area contributed by atoms with E-state index in [0.29, 0.717) is 29.0 Å². The molecule has 1 aromatic rings. The van der Waals surface area contributed by atoms with Crippen LogP contribution in [0.25, 0.3) is 0 Å². The number of methoxy groups -OCH3 is 2. The highest BCUT2D eigenvalue weighted by Crippen LogP contribution is 2.44. The second kappa shape index (κ2) is 5.35. The van der Waals surface area contributed by atoms with Crippen LogP contribution in [0.15, 0.2) is 18.2 Å². The molecule has 20 heavy (non-hydrogen) atoms. The molecule has 0 heterocycles. The number of rotatable bonds is 4. The SMILES string of the molecule is COc1cccc(C(=O)N[C@@H]2C[C@H]3CC[C@H]2C3)c1OC. The van der Waals surface area contributed by atoms with Crippen molar-refractivity contribution in [2.75, 3.05) is 14.2 Å². The highest BCUT2D eigenvalue weighted by Gasteiger charge is 2.40. The summed E-state index contributed by atoms with van der Waals surface area (Å²) in [6.07, 6.45) is 4.99. The summed E-state index contributed by atoms with van der Waals surface area (Å²) in [5.74, 6) is 2.53. The van der Waals surface area contributed by atoms with Gasteiger partial charge in [0.15, 0.2) is 11.5 Å². The van der Waals surface area contributed by atoms with Crippen LogP contribution in [0.1, 0.15) is 36.0 Å². The van der Waals surface area contributed by atoms with Crippen molar-refractivity contribution in [3.05, 3.63) is 23.8 Å². The molecule has 2 fully saturated rings. The normalized spacial score (nSPS) is 27.4. The summed E-state index contributed by atoms with van der Waals surface area (Å²) in [6, 6.07) is 5.73. The van der Waals surface area contributed by atoms with Gasteiger partial charge in [-0.1, -0.05) is 12.5 Å². The highest BCUT2D eigenvalue weighted by atomic mass is 16.5. The van der Waals surface area contributed by atoms with E-state index in [1.165, 1.54) is 19.3 Å². The minimum absolute atomic E-state index is 0.0571. The van der Waals surface area contributed by atoms with Gasteiger partial charge in [-0.25, -0.2) is 0 Å². The zero-order valence-corrected chi connectivity index (χ0v) is 12.0. The van der Waals surface area contributed by atoms with Crippen LogP contribution in [-0.4, -0.2) is 26.2 Å². The van der Waals surface area contributed by atoms with Crippen LogP contribution < -0.4 is 14.8 Å². The third-order valence-corrected chi connectivity index (χ3v) is 4.70. The number of fused-ring (bicyclic) bond motifs is 2. The molecule has 0 unspecified atom stereocenters. The molecule has 1 aromatic carbocycles. The number of benzene rings is 1. The van der Waals surface area contributed by atoms with Crippen LogP contribution in [0.4, 0.5) is 0 Å². The summed E-state index contributed by atoms with van der Waals surface area (Å²) >= 11 is 0. The third kappa shape index (κ3) is 2.23. The molecule has 4 heteroatoms. The first-order valence-electron chi connectivity index (χ1n) is 7.24. The lowest BCUT2D eigenvalue weighted by atomic mass is 9.95. The summed E-state index contributed by atoms with van der Waals surface area (Å²) in [5.41, 5.74) is 0.551. The van der Waals surface area contributed by atoms with Gasteiger partial charge < -0.3 is 14.8 Å². The van der Waals surface area contributed by atoms with E-state index in [0.717, 1.165) is 12.3 Å². The maximum Gasteiger partial charge on any atom is 0.255 e. The Bertz CT molecular complexity index is 514. The molecule has 4 nitrogen and oxygen atoms in total. The van der Waals surface area contributed by atoms with Crippen molar-refractivity contribution < 1.29 is 14.3 Å². The van der Waals surface area contributed by atoms with Gasteiger partial charge in [-0.2, -0.15) is 0 Å². The fourth-order valence-electron chi connectivity index (χ4n) is 3.73. The standard InChI is InChI=1S/C16H21NO3/c1-19-14-5-3-4-12(15(14)20-2)16(18)17-13-9-10-6-7-11(13)8-10/h3-5,10-11,13H,6-9H2,1-2H3,(H,17,18)/t10-,11-,13+/m0/s1. The van der Waals surface area contributed by atoms with Crippen molar-refractivity contribution in [1.29, 1.82) is 0 Å². The van der Waals surface area contributed by atoms with Crippen LogP contribution in [0, 0.1) is 11.8 Å². The molecule has 0 aromatic heterocycles. The number of nitrogens with one attached hydrogen (secondary N) is 1. The second-order valence-corrected chi connectivity index (χ2v) is 5.80. The van der Waals surface area contributed by atoms with E-state index in [2.05, 4.69) is 5.32 Å². The average molecular weight is 275 g/mol. The van der Waals surface area contributed by atoms with Gasteiger partial charge in [-0.05, 0) is 43.2 Å². The van der Waals surface area contributed by atoms with E-state index >= 15 is 0 Å². The Labute approximate surface area is 119 Å². The average Bonchev–Trinajstić information content (AvgIpc) is 3.08. The molecule has 3 atom stereocenters. The number of ether oxygens (including phenoxy) is 2. The lowest BCUT2D eigenvalue weighted by Crippen LogP contribution is -2.38. The Balaban J connectivity index is 1.77. The van der Waals surface area contributed by atoms with Gasteiger partial charge >= 0.3 is 0 Å². The van der Waals surface area contributed by atoms with Crippen LogP contribution in [-0.2, 0) is 0 Å². The number of hydrogen-bond acceptors (Lipinski definition) is 3. The van der Waals surface area contributed by atoms with Crippen LogP contribution in [0.3, 0.4) is 0 Å². The zero-order chi connectivity index (χ0) is 14.1. The highest BCUT2D eigenvalue weighted by molar-refractivity contribution is 5.98. The van der Waals surface area contributed by atoms with Gasteiger partial charge in [0.05, 0.1) is 19.8 Å². The molecule has 0 aliphatic heterocycles. The molecule has 0 spiro atoms. The van der Waals surface area contributed by atoms with Gasteiger partial charge in [0, 0.05) is 6.04 Å². The van der Waals surface area contributed by atoms with E-state index in [-0.39, 0.29) is 5.91 Å². The fourth-order valence-corrected chi connectivity index (χ4v) is 3.73. The molecule has 2 bridgehead atoms. The Hall–Kier alpha value is -1.71. The molecule has 2 aliphatic rings. The van der Waals surface area contributed by atoms with Crippen molar-refractivity contribution in [3.63, 3.8) is 0 Å². The minimum atomic E-state index is -0.0571. The summed E-state index contributed by atoms with van der Waals surface area (Å²) < 4.78 is 10.6. The Morgan fingerprint density at radius 3 is 2.65 bits per heavy atom. The predicted octanol–water partition coefficient (Wildman–Crippen LogP) is 2.62. The molecule has 1 N–H and O–H groups in total. The first-order valence-corrected chi connectivity index (χ1v) is 7.24. The molecule has 2 aliphatic carbocycles. The van der Waals surface area contributed by atoms with Crippen molar-refractivity contribution in [2.24, 2.45) is 11.8 Å². The molecule has 108 valence electrons. The molecular weight excluding hydrogens is 254 g/mol. The van der Waals surface area contributed by atoms with Gasteiger partial charge in [0.2, 0.25) is 0 Å². The van der Waals surface area contributed by atoms with E-state index in [4.69, 9.17) is 9.47 Å². The van der Waals surface area contributed by atoms with E-state index < -0.39 is 0 Å². The summed E-state index contributed by atoms with van der Waals surface area (Å²) in [5, 5.41) is 3.18. The minimum Gasteiger partial charge on any atom is -0.493 e. The van der Waals surface area contributed by atoms with Crippen molar-refractivity contribution in [1.82, 2.24) is 5.32 Å². The number of para-hydroxylation sites is 1.